The van der Waals surface area contributed by atoms with E-state index >= 15 is 0 Å². The third kappa shape index (κ3) is 21.8. The number of hydrogen-bond acceptors (Lipinski definition) is 0. The van der Waals surface area contributed by atoms with E-state index < -0.39 is 0 Å². The zero-order valence-corrected chi connectivity index (χ0v) is 29.7. The topological polar surface area (TPSA) is 19.7 Å². The van der Waals surface area contributed by atoms with Crippen LogP contribution < -0.4 is 4.57 Å². The molecular formula is C40H79N2+. The SMILES string of the molecule is CCCCCCCCCCCCCC(CCCCCCCCCCCC)c1[nH]cc[n+]1C(C)CCCCCCCCC. The Labute approximate surface area is 266 Å². The second-order valence-electron chi connectivity index (χ2n) is 14.0. The summed E-state index contributed by atoms with van der Waals surface area (Å²) in [7, 11) is 0. The van der Waals surface area contributed by atoms with E-state index in [4.69, 9.17) is 0 Å². The fourth-order valence-corrected chi connectivity index (χ4v) is 6.96. The van der Waals surface area contributed by atoms with E-state index in [1.807, 2.05) is 0 Å². The molecule has 2 atom stereocenters. The van der Waals surface area contributed by atoms with Crippen LogP contribution in [-0.4, -0.2) is 4.98 Å². The lowest BCUT2D eigenvalue weighted by Crippen LogP contribution is -2.41. The lowest BCUT2D eigenvalue weighted by Gasteiger charge is -2.17. The van der Waals surface area contributed by atoms with Gasteiger partial charge >= 0.3 is 0 Å². The van der Waals surface area contributed by atoms with Gasteiger partial charge in [-0.15, -0.1) is 0 Å². The van der Waals surface area contributed by atoms with Gasteiger partial charge < -0.3 is 0 Å². The highest BCUT2D eigenvalue weighted by Crippen LogP contribution is 2.27. The van der Waals surface area contributed by atoms with Gasteiger partial charge in [0.15, 0.2) is 0 Å². The summed E-state index contributed by atoms with van der Waals surface area (Å²) in [6, 6.07) is 0.620. The highest BCUT2D eigenvalue weighted by atomic mass is 15.1. The number of rotatable bonds is 33. The van der Waals surface area contributed by atoms with Crippen molar-refractivity contribution >= 4 is 0 Å². The summed E-state index contributed by atoms with van der Waals surface area (Å²) >= 11 is 0. The molecule has 1 rings (SSSR count). The minimum absolute atomic E-state index is 0.620. The number of H-pyrrole nitrogens is 1. The summed E-state index contributed by atoms with van der Waals surface area (Å²) in [4.78, 5) is 3.75. The second-order valence-corrected chi connectivity index (χ2v) is 14.0. The molecule has 2 nitrogen and oxygen atoms in total. The Hall–Kier alpha value is -0.790. The van der Waals surface area contributed by atoms with Gasteiger partial charge in [-0.2, -0.15) is 0 Å². The maximum atomic E-state index is 3.75. The first-order valence-corrected chi connectivity index (χ1v) is 19.8. The molecule has 0 aromatic carbocycles. The second kappa shape index (κ2) is 30.2. The standard InChI is InChI=1S/C40H78N2/c1-5-8-11-14-17-19-21-23-26-29-32-35-39(34-31-28-25-22-20-18-15-12-9-6-2)40-41-36-37-42(40)38(4)33-30-27-24-16-13-10-7-3/h36-39H,5-35H2,1-4H3/p+1. The number of aromatic amines is 1. The van der Waals surface area contributed by atoms with Crippen LogP contribution >= 0.6 is 0 Å². The van der Waals surface area contributed by atoms with E-state index in [-0.39, 0.29) is 0 Å². The molecule has 2 unspecified atom stereocenters. The number of imidazole rings is 1. The molecule has 0 fully saturated rings. The van der Waals surface area contributed by atoms with Crippen molar-refractivity contribution in [3.05, 3.63) is 18.2 Å². The largest absolute Gasteiger partial charge is 0.257 e. The van der Waals surface area contributed by atoms with E-state index in [9.17, 15) is 0 Å². The summed E-state index contributed by atoms with van der Waals surface area (Å²) in [5.41, 5.74) is 0. The quantitative estimate of drug-likeness (QED) is 0.0623. The van der Waals surface area contributed by atoms with Crippen LogP contribution in [0.1, 0.15) is 245 Å². The van der Waals surface area contributed by atoms with Crippen LogP contribution in [-0.2, 0) is 0 Å². The molecule has 0 aliphatic heterocycles. The van der Waals surface area contributed by atoms with Crippen LogP contribution in [0, 0.1) is 0 Å². The van der Waals surface area contributed by atoms with Crippen molar-refractivity contribution in [1.82, 2.24) is 4.98 Å². The van der Waals surface area contributed by atoms with Gasteiger partial charge in [-0.3, -0.25) is 0 Å². The smallest absolute Gasteiger partial charge is 0.247 e. The lowest BCUT2D eigenvalue weighted by molar-refractivity contribution is -0.727. The van der Waals surface area contributed by atoms with Crippen LogP contribution in [0.3, 0.4) is 0 Å². The molecule has 1 N–H and O–H groups in total. The predicted octanol–water partition coefficient (Wildman–Crippen LogP) is 14.1. The normalized spacial score (nSPS) is 13.1. The Morgan fingerprint density at radius 3 is 1.12 bits per heavy atom. The average molecular weight is 588 g/mol. The molecule has 0 bridgehead atoms. The molecule has 1 aromatic rings. The Kier molecular flexibility index (Phi) is 28.3. The lowest BCUT2D eigenvalue weighted by atomic mass is 9.92. The van der Waals surface area contributed by atoms with Crippen molar-refractivity contribution in [3.8, 4) is 0 Å². The molecule has 0 amide bonds. The van der Waals surface area contributed by atoms with Crippen molar-refractivity contribution in [2.45, 2.75) is 239 Å². The molecule has 0 saturated heterocycles. The van der Waals surface area contributed by atoms with Crippen LogP contribution in [0.15, 0.2) is 12.4 Å². The van der Waals surface area contributed by atoms with Gasteiger partial charge in [-0.1, -0.05) is 194 Å². The van der Waals surface area contributed by atoms with E-state index in [2.05, 4.69) is 49.6 Å². The first-order chi connectivity index (χ1) is 20.7. The van der Waals surface area contributed by atoms with Crippen LogP contribution in [0.25, 0.3) is 0 Å². The Balaban J connectivity index is 2.44. The van der Waals surface area contributed by atoms with Gasteiger partial charge in [0.2, 0.25) is 0 Å². The minimum atomic E-state index is 0.620. The Bertz CT molecular complexity index is 650. The van der Waals surface area contributed by atoms with Crippen molar-refractivity contribution in [2.24, 2.45) is 0 Å². The molecule has 42 heavy (non-hydrogen) atoms. The van der Waals surface area contributed by atoms with Gasteiger partial charge in [0.05, 0.1) is 12.0 Å². The summed E-state index contributed by atoms with van der Waals surface area (Å²) in [5.74, 6) is 2.25. The molecule has 2 heteroatoms. The van der Waals surface area contributed by atoms with Crippen molar-refractivity contribution in [2.75, 3.05) is 0 Å². The van der Waals surface area contributed by atoms with Crippen LogP contribution in [0.2, 0.25) is 0 Å². The molecule has 248 valence electrons. The zero-order valence-electron chi connectivity index (χ0n) is 29.7. The number of unbranched alkanes of at least 4 members (excludes halogenated alkanes) is 25. The summed E-state index contributed by atoms with van der Waals surface area (Å²) in [6.07, 6.45) is 48.7. The number of nitrogens with zero attached hydrogens (tertiary/aromatic N) is 1. The average Bonchev–Trinajstić information content (AvgIpc) is 3.49. The van der Waals surface area contributed by atoms with Gasteiger partial charge in [-0.25, -0.2) is 9.55 Å². The highest BCUT2D eigenvalue weighted by molar-refractivity contribution is 4.90. The zero-order chi connectivity index (χ0) is 30.4. The molecule has 1 heterocycles. The Morgan fingerprint density at radius 1 is 0.452 bits per heavy atom. The molecule has 0 aliphatic rings. The molecule has 1 aromatic heterocycles. The third-order valence-corrected chi connectivity index (χ3v) is 9.89. The monoisotopic (exact) mass is 588 g/mol. The summed E-state index contributed by atoms with van der Waals surface area (Å²) in [6.45, 7) is 9.41. The first-order valence-electron chi connectivity index (χ1n) is 19.8. The van der Waals surface area contributed by atoms with E-state index in [0.29, 0.717) is 12.0 Å². The maximum Gasteiger partial charge on any atom is 0.257 e. The van der Waals surface area contributed by atoms with Gasteiger partial charge in [-0.05, 0) is 32.6 Å². The number of nitrogens with one attached hydrogen (secondary N) is 1. The van der Waals surface area contributed by atoms with Crippen LogP contribution in [0.4, 0.5) is 0 Å². The molecule has 0 aliphatic carbocycles. The van der Waals surface area contributed by atoms with Gasteiger partial charge in [0.1, 0.15) is 12.4 Å². The fraction of sp³-hybridized carbons (Fsp3) is 0.925. The van der Waals surface area contributed by atoms with Crippen molar-refractivity contribution in [3.63, 3.8) is 0 Å². The fourth-order valence-electron chi connectivity index (χ4n) is 6.96. The predicted molar refractivity (Wildman–Crippen MR) is 189 cm³/mol. The molecule has 0 spiro atoms. The van der Waals surface area contributed by atoms with Crippen LogP contribution in [0.5, 0.6) is 0 Å². The summed E-state index contributed by atoms with van der Waals surface area (Å²) in [5, 5.41) is 0. The third-order valence-electron chi connectivity index (χ3n) is 9.89. The van der Waals surface area contributed by atoms with E-state index in [1.54, 1.807) is 0 Å². The Morgan fingerprint density at radius 2 is 0.762 bits per heavy atom. The van der Waals surface area contributed by atoms with Crippen molar-refractivity contribution < 1.29 is 4.57 Å². The van der Waals surface area contributed by atoms with E-state index in [0.717, 1.165) is 0 Å². The molecular weight excluding hydrogens is 508 g/mol. The van der Waals surface area contributed by atoms with Gasteiger partial charge in [0.25, 0.3) is 5.82 Å². The molecule has 0 saturated carbocycles. The summed E-state index contributed by atoms with van der Waals surface area (Å²) < 4.78 is 2.64. The maximum absolute atomic E-state index is 3.75. The number of aromatic nitrogens is 2. The van der Waals surface area contributed by atoms with Gasteiger partial charge in [0, 0.05) is 0 Å². The highest BCUT2D eigenvalue weighted by Gasteiger charge is 2.25. The number of hydrogen-bond donors (Lipinski definition) is 1. The first kappa shape index (κ1) is 39.2. The van der Waals surface area contributed by atoms with E-state index in [1.165, 1.54) is 205 Å². The molecule has 0 radical (unpaired) electrons. The van der Waals surface area contributed by atoms with Crippen molar-refractivity contribution in [1.29, 1.82) is 0 Å². The minimum Gasteiger partial charge on any atom is -0.247 e.